The molecule has 1 atom stereocenters. The van der Waals surface area contributed by atoms with Crippen molar-refractivity contribution in [3.8, 4) is 0 Å². The van der Waals surface area contributed by atoms with Gasteiger partial charge in [-0.1, -0.05) is 0 Å². The molecule has 2 aromatic heterocycles. The van der Waals surface area contributed by atoms with Crippen molar-refractivity contribution in [3.05, 3.63) is 29.7 Å². The number of fused-ring (bicyclic) bond motifs is 1. The van der Waals surface area contributed by atoms with Crippen molar-refractivity contribution in [1.29, 1.82) is 0 Å². The van der Waals surface area contributed by atoms with Crippen molar-refractivity contribution < 1.29 is 4.74 Å². The van der Waals surface area contributed by atoms with Crippen LogP contribution < -0.4 is 5.32 Å². The van der Waals surface area contributed by atoms with Crippen LogP contribution in [0.25, 0.3) is 0 Å². The molecule has 1 unspecified atom stereocenters. The van der Waals surface area contributed by atoms with Crippen molar-refractivity contribution >= 4 is 5.82 Å². The fraction of sp³-hybridized carbons (Fsp3) is 0.600. The average Bonchev–Trinajstić information content (AvgIpc) is 3.14. The molecule has 6 heteroatoms. The Morgan fingerprint density at radius 2 is 2.14 bits per heavy atom. The monoisotopic (exact) mass is 287 g/mol. The van der Waals surface area contributed by atoms with Gasteiger partial charge in [-0.2, -0.15) is 10.2 Å². The van der Waals surface area contributed by atoms with E-state index < -0.39 is 0 Å². The summed E-state index contributed by atoms with van der Waals surface area (Å²) in [5.41, 5.74) is 2.43. The first kappa shape index (κ1) is 12.9. The van der Waals surface area contributed by atoms with E-state index in [2.05, 4.69) is 27.2 Å². The minimum Gasteiger partial charge on any atom is -0.381 e. The standard InChI is InChI=1S/C15H21N5O/c1-19-13(3-7-17-19)14-2-6-16-15-10-12(18-20(14)15)11-4-8-21-9-5-11/h3,7,10-11,14,16H,2,4-6,8-9H2,1H3. The number of nitrogens with zero attached hydrogens (tertiary/aromatic N) is 4. The Hall–Kier alpha value is -1.82. The maximum absolute atomic E-state index is 5.46. The highest BCUT2D eigenvalue weighted by Gasteiger charge is 2.27. The normalized spacial score (nSPS) is 22.8. The van der Waals surface area contributed by atoms with E-state index in [1.165, 1.54) is 11.4 Å². The highest BCUT2D eigenvalue weighted by molar-refractivity contribution is 5.41. The molecule has 4 rings (SSSR count). The number of rotatable bonds is 2. The molecule has 2 aliphatic rings. The first-order valence-electron chi connectivity index (χ1n) is 7.72. The highest BCUT2D eigenvalue weighted by atomic mass is 16.5. The molecular formula is C15H21N5O. The summed E-state index contributed by atoms with van der Waals surface area (Å²) >= 11 is 0. The van der Waals surface area contributed by atoms with Crippen molar-refractivity contribution in [2.24, 2.45) is 7.05 Å². The molecule has 1 saturated heterocycles. The van der Waals surface area contributed by atoms with Gasteiger partial charge in [0, 0.05) is 45.0 Å². The molecule has 0 bridgehead atoms. The molecule has 0 spiro atoms. The van der Waals surface area contributed by atoms with Crippen molar-refractivity contribution in [2.45, 2.75) is 31.2 Å². The van der Waals surface area contributed by atoms with Crippen LogP contribution in [0.1, 0.15) is 42.6 Å². The summed E-state index contributed by atoms with van der Waals surface area (Å²) in [6.07, 6.45) is 5.06. The molecule has 4 heterocycles. The Morgan fingerprint density at radius 1 is 1.29 bits per heavy atom. The number of ether oxygens (including phenoxy) is 1. The molecule has 6 nitrogen and oxygen atoms in total. The maximum Gasteiger partial charge on any atom is 0.125 e. The van der Waals surface area contributed by atoms with Gasteiger partial charge in [-0.15, -0.1) is 0 Å². The van der Waals surface area contributed by atoms with Gasteiger partial charge in [0.05, 0.1) is 17.4 Å². The van der Waals surface area contributed by atoms with Crippen molar-refractivity contribution in [1.82, 2.24) is 19.6 Å². The number of nitrogens with one attached hydrogen (secondary N) is 1. The van der Waals surface area contributed by atoms with E-state index in [4.69, 9.17) is 9.84 Å². The van der Waals surface area contributed by atoms with Gasteiger partial charge >= 0.3 is 0 Å². The van der Waals surface area contributed by atoms with Crippen LogP contribution >= 0.6 is 0 Å². The van der Waals surface area contributed by atoms with Crippen LogP contribution in [0, 0.1) is 0 Å². The van der Waals surface area contributed by atoms with Crippen LogP contribution in [0.5, 0.6) is 0 Å². The zero-order valence-electron chi connectivity index (χ0n) is 12.3. The number of hydrogen-bond donors (Lipinski definition) is 1. The third-order valence-corrected chi connectivity index (χ3v) is 4.61. The molecule has 1 fully saturated rings. The largest absolute Gasteiger partial charge is 0.381 e. The maximum atomic E-state index is 5.46. The van der Waals surface area contributed by atoms with Crippen LogP contribution in [0.3, 0.4) is 0 Å². The van der Waals surface area contributed by atoms with Crippen LogP contribution in [-0.4, -0.2) is 39.3 Å². The first-order chi connectivity index (χ1) is 10.3. The Morgan fingerprint density at radius 3 is 2.90 bits per heavy atom. The quantitative estimate of drug-likeness (QED) is 0.917. The molecule has 0 amide bonds. The number of anilines is 1. The Labute approximate surface area is 124 Å². The second-order valence-corrected chi connectivity index (χ2v) is 5.90. The molecule has 1 N–H and O–H groups in total. The van der Waals surface area contributed by atoms with Gasteiger partial charge in [0.15, 0.2) is 0 Å². The molecule has 112 valence electrons. The predicted octanol–water partition coefficient (Wildman–Crippen LogP) is 1.92. The summed E-state index contributed by atoms with van der Waals surface area (Å²) < 4.78 is 9.56. The third kappa shape index (κ3) is 2.23. The minimum absolute atomic E-state index is 0.280. The van der Waals surface area contributed by atoms with E-state index in [1.54, 1.807) is 0 Å². The van der Waals surface area contributed by atoms with Gasteiger partial charge in [0.1, 0.15) is 5.82 Å². The molecule has 0 radical (unpaired) electrons. The number of aromatic nitrogens is 4. The molecule has 2 aromatic rings. The van der Waals surface area contributed by atoms with Crippen molar-refractivity contribution in [3.63, 3.8) is 0 Å². The topological polar surface area (TPSA) is 56.9 Å². The summed E-state index contributed by atoms with van der Waals surface area (Å²) in [7, 11) is 2.00. The van der Waals surface area contributed by atoms with Gasteiger partial charge in [-0.3, -0.25) is 4.68 Å². The SMILES string of the molecule is Cn1nccc1C1CCNc2cc(C3CCOCC3)nn21. The van der Waals surface area contributed by atoms with Crippen molar-refractivity contribution in [2.75, 3.05) is 25.1 Å². The number of hydrogen-bond acceptors (Lipinski definition) is 4. The Balaban J connectivity index is 1.68. The Kier molecular flexibility index (Phi) is 3.18. The second kappa shape index (κ2) is 5.18. The molecular weight excluding hydrogens is 266 g/mol. The van der Waals surface area contributed by atoms with E-state index in [1.807, 2.05) is 17.9 Å². The van der Waals surface area contributed by atoms with E-state index >= 15 is 0 Å². The zero-order valence-corrected chi connectivity index (χ0v) is 12.3. The lowest BCUT2D eigenvalue weighted by Gasteiger charge is -2.25. The first-order valence-corrected chi connectivity index (χ1v) is 7.72. The van der Waals surface area contributed by atoms with Gasteiger partial charge < -0.3 is 10.1 Å². The fourth-order valence-corrected chi connectivity index (χ4v) is 3.42. The second-order valence-electron chi connectivity index (χ2n) is 5.90. The van der Waals surface area contributed by atoms with E-state index in [0.717, 1.165) is 44.8 Å². The summed E-state index contributed by atoms with van der Waals surface area (Å²) in [6, 6.07) is 4.59. The lowest BCUT2D eigenvalue weighted by Crippen LogP contribution is -2.26. The number of aryl methyl sites for hydroxylation is 1. The zero-order chi connectivity index (χ0) is 14.2. The van der Waals surface area contributed by atoms with Gasteiger partial charge in [0.2, 0.25) is 0 Å². The van der Waals surface area contributed by atoms with E-state index in [9.17, 15) is 0 Å². The van der Waals surface area contributed by atoms with E-state index in [0.29, 0.717) is 5.92 Å². The smallest absolute Gasteiger partial charge is 0.125 e. The van der Waals surface area contributed by atoms with Gasteiger partial charge in [-0.25, -0.2) is 4.68 Å². The highest BCUT2D eigenvalue weighted by Crippen LogP contribution is 2.33. The summed E-state index contributed by atoms with van der Waals surface area (Å²) in [6.45, 7) is 2.69. The van der Waals surface area contributed by atoms with Crippen LogP contribution in [-0.2, 0) is 11.8 Å². The molecule has 0 saturated carbocycles. The van der Waals surface area contributed by atoms with E-state index in [-0.39, 0.29) is 6.04 Å². The summed E-state index contributed by atoms with van der Waals surface area (Å²) in [5.74, 6) is 1.67. The molecule has 2 aliphatic heterocycles. The molecule has 0 aromatic carbocycles. The van der Waals surface area contributed by atoms with Gasteiger partial charge in [0.25, 0.3) is 0 Å². The van der Waals surface area contributed by atoms with Gasteiger partial charge in [-0.05, 0) is 25.3 Å². The molecule has 0 aliphatic carbocycles. The fourth-order valence-electron chi connectivity index (χ4n) is 3.42. The average molecular weight is 287 g/mol. The third-order valence-electron chi connectivity index (χ3n) is 4.61. The van der Waals surface area contributed by atoms with Crippen LogP contribution in [0.4, 0.5) is 5.82 Å². The Bertz CT molecular complexity index is 626. The summed E-state index contributed by atoms with van der Waals surface area (Å²) in [5, 5.41) is 12.7. The summed E-state index contributed by atoms with van der Waals surface area (Å²) in [4.78, 5) is 0. The van der Waals surface area contributed by atoms with Crippen LogP contribution in [0.2, 0.25) is 0 Å². The predicted molar refractivity (Wildman–Crippen MR) is 79.5 cm³/mol. The minimum atomic E-state index is 0.280. The lowest BCUT2D eigenvalue weighted by atomic mass is 9.97. The van der Waals surface area contributed by atoms with Crippen LogP contribution in [0.15, 0.2) is 18.3 Å². The lowest BCUT2D eigenvalue weighted by molar-refractivity contribution is 0.0843. The molecule has 21 heavy (non-hydrogen) atoms.